The van der Waals surface area contributed by atoms with Crippen molar-refractivity contribution in [2.45, 2.75) is 27.7 Å². The van der Waals surface area contributed by atoms with Crippen molar-refractivity contribution < 1.29 is 28.5 Å². The van der Waals surface area contributed by atoms with Gasteiger partial charge in [-0.05, 0) is 108 Å². The van der Waals surface area contributed by atoms with E-state index in [9.17, 15) is 9.90 Å². The number of para-hydroxylation sites is 2. The van der Waals surface area contributed by atoms with E-state index in [0.29, 0.717) is 102 Å². The average molecular weight is 854 g/mol. The zero-order chi connectivity index (χ0) is 41.1. The number of allylic oxidation sites excluding steroid dienone is 6. The number of aliphatic hydroxyl groups excluding tert-OH is 1. The van der Waals surface area contributed by atoms with Crippen LogP contribution in [0.2, 0.25) is 20.1 Å². The third kappa shape index (κ3) is 9.22. The Bertz CT molecular complexity index is 2580. The average Bonchev–Trinajstić information content (AvgIpc) is 3.22. The fourth-order valence-electron chi connectivity index (χ4n) is 6.21. The molecular formula is C48H39Cl4O6+. The number of hydrogen-bond donors (Lipinski definition) is 1. The predicted molar refractivity (Wildman–Crippen MR) is 235 cm³/mol. The van der Waals surface area contributed by atoms with Gasteiger partial charge in [0.25, 0.3) is 0 Å². The van der Waals surface area contributed by atoms with Gasteiger partial charge in [-0.25, -0.2) is 4.42 Å². The standard InChI is InChI=1S/C48H38Cl4O6/c1-27(2)25-55-41-11-7-5-9-33(41)45-21-29(19-43(57-45)31-13-15-37(49)39(51)23-31)17-35-47(53)36(48(35)54)18-30-20-44(32-14-16-38(50)40(52)24-32)58-46(22-30)34-10-6-8-12-42(34)56-26-28(3)4/h5-24,27-28H,25-26H2,1-4H3/p+1. The summed E-state index contributed by atoms with van der Waals surface area (Å²) in [5, 5.41) is 13.0. The fourth-order valence-corrected chi connectivity index (χ4v) is 6.80. The summed E-state index contributed by atoms with van der Waals surface area (Å²) in [4.78, 5) is 13.9. The fraction of sp³-hybridized carbons (Fsp3) is 0.167. The molecule has 1 aliphatic carbocycles. The van der Waals surface area contributed by atoms with Crippen molar-refractivity contribution >= 4 is 69.8 Å². The maximum Gasteiger partial charge on any atom is 0.365 e. The Labute approximate surface area is 357 Å². The molecule has 294 valence electrons. The molecule has 0 saturated heterocycles. The van der Waals surface area contributed by atoms with E-state index in [1.54, 1.807) is 72.8 Å². The van der Waals surface area contributed by atoms with E-state index in [4.69, 9.17) is 65.0 Å². The molecule has 7 rings (SSSR count). The minimum atomic E-state index is -0.337. The Kier molecular flexibility index (Phi) is 12.5. The molecule has 0 bridgehead atoms. The molecule has 1 N–H and O–H groups in total. The van der Waals surface area contributed by atoms with Crippen molar-refractivity contribution in [1.29, 1.82) is 0 Å². The molecule has 10 heteroatoms. The summed E-state index contributed by atoms with van der Waals surface area (Å²) in [6, 6.07) is 29.2. The zero-order valence-corrected chi connectivity index (χ0v) is 35.1. The van der Waals surface area contributed by atoms with Gasteiger partial charge in [-0.15, -0.1) is 0 Å². The second-order valence-electron chi connectivity index (χ2n) is 14.7. The van der Waals surface area contributed by atoms with Gasteiger partial charge in [0.05, 0.1) is 67.7 Å². The Balaban J connectivity index is 1.30. The van der Waals surface area contributed by atoms with Gasteiger partial charge in [0.2, 0.25) is 5.78 Å². The number of carbonyl (C=O) groups is 1. The van der Waals surface area contributed by atoms with Crippen molar-refractivity contribution in [3.63, 3.8) is 0 Å². The predicted octanol–water partition coefficient (Wildman–Crippen LogP) is 14.4. The molecule has 58 heavy (non-hydrogen) atoms. The molecule has 2 heterocycles. The van der Waals surface area contributed by atoms with Crippen molar-refractivity contribution in [3.8, 4) is 34.1 Å². The molecule has 5 aromatic rings. The maximum absolute atomic E-state index is 13.9. The van der Waals surface area contributed by atoms with Crippen molar-refractivity contribution in [2.24, 2.45) is 11.8 Å². The van der Waals surface area contributed by atoms with E-state index in [1.165, 1.54) is 0 Å². The van der Waals surface area contributed by atoms with Crippen LogP contribution in [0.4, 0.5) is 0 Å². The monoisotopic (exact) mass is 851 g/mol. The normalized spacial score (nSPS) is 15.4. The largest absolute Gasteiger partial charge is 0.506 e. The van der Waals surface area contributed by atoms with E-state index in [-0.39, 0.29) is 22.7 Å². The summed E-state index contributed by atoms with van der Waals surface area (Å²) in [6.45, 7) is 9.33. The summed E-state index contributed by atoms with van der Waals surface area (Å²) in [6.07, 6.45) is 6.87. The molecule has 2 aliphatic rings. The van der Waals surface area contributed by atoms with Gasteiger partial charge >= 0.3 is 11.5 Å². The van der Waals surface area contributed by atoms with E-state index in [2.05, 4.69) is 27.7 Å². The van der Waals surface area contributed by atoms with Gasteiger partial charge in [-0.3, -0.25) is 4.79 Å². The molecule has 1 aliphatic heterocycles. The summed E-state index contributed by atoms with van der Waals surface area (Å²) in [5.41, 5.74) is 4.28. The molecule has 4 aromatic carbocycles. The van der Waals surface area contributed by atoms with Crippen LogP contribution in [0, 0.1) is 11.8 Å². The van der Waals surface area contributed by atoms with Crippen LogP contribution in [0.5, 0.6) is 11.5 Å². The van der Waals surface area contributed by atoms with Gasteiger partial charge in [-0.1, -0.05) is 98.4 Å². The number of ketones is 1. The van der Waals surface area contributed by atoms with Crippen LogP contribution in [-0.2, 0) is 9.53 Å². The third-order valence-electron chi connectivity index (χ3n) is 9.11. The first-order valence-corrected chi connectivity index (χ1v) is 20.2. The van der Waals surface area contributed by atoms with Crippen LogP contribution in [-0.4, -0.2) is 24.1 Å². The first kappa shape index (κ1) is 40.9. The maximum atomic E-state index is 13.9. The van der Waals surface area contributed by atoms with Crippen LogP contribution in [0.1, 0.15) is 44.4 Å². The molecule has 1 aromatic heterocycles. The number of ether oxygens (including phenoxy) is 3. The van der Waals surface area contributed by atoms with E-state index < -0.39 is 0 Å². The Morgan fingerprint density at radius 3 is 1.83 bits per heavy atom. The Hall–Kier alpha value is -5.24. The summed E-state index contributed by atoms with van der Waals surface area (Å²) in [5.74, 6) is 3.33. The van der Waals surface area contributed by atoms with Gasteiger partial charge in [0.1, 0.15) is 34.3 Å². The highest BCUT2D eigenvalue weighted by Gasteiger charge is 2.34. The lowest BCUT2D eigenvalue weighted by Crippen LogP contribution is -2.21. The van der Waals surface area contributed by atoms with Gasteiger partial charge in [-0.2, -0.15) is 0 Å². The first-order valence-electron chi connectivity index (χ1n) is 18.7. The number of benzene rings is 4. The van der Waals surface area contributed by atoms with Crippen LogP contribution in [0.25, 0.3) is 40.2 Å². The highest BCUT2D eigenvalue weighted by Crippen LogP contribution is 2.41. The number of hydrogen-bond acceptors (Lipinski definition) is 5. The second kappa shape index (κ2) is 17.7. The summed E-state index contributed by atoms with van der Waals surface area (Å²) < 4.78 is 25.2. The highest BCUT2D eigenvalue weighted by atomic mass is 35.5. The number of rotatable bonds is 12. The van der Waals surface area contributed by atoms with Crippen LogP contribution in [0.15, 0.2) is 142 Å². The lowest BCUT2D eigenvalue weighted by Gasteiger charge is -2.23. The third-order valence-corrected chi connectivity index (χ3v) is 10.6. The molecule has 6 nitrogen and oxygen atoms in total. The van der Waals surface area contributed by atoms with Crippen LogP contribution < -0.4 is 9.47 Å². The molecule has 0 fully saturated rings. The molecular weight excluding hydrogens is 814 g/mol. The lowest BCUT2D eigenvalue weighted by atomic mass is 9.85. The minimum Gasteiger partial charge on any atom is -0.506 e. The number of halogens is 4. The number of Topliss-reactive ketones (excluding diaryl/α,β-unsaturated/α-hetero) is 1. The number of carbonyl (C=O) groups excluding carboxylic acids is 1. The van der Waals surface area contributed by atoms with Gasteiger partial charge in [0, 0.05) is 5.56 Å². The summed E-state index contributed by atoms with van der Waals surface area (Å²) in [7, 11) is 0. The Morgan fingerprint density at radius 2 is 1.21 bits per heavy atom. The zero-order valence-electron chi connectivity index (χ0n) is 32.1. The van der Waals surface area contributed by atoms with E-state index in [1.807, 2.05) is 48.5 Å². The van der Waals surface area contributed by atoms with E-state index in [0.717, 1.165) is 11.1 Å². The van der Waals surface area contributed by atoms with E-state index >= 15 is 0 Å². The van der Waals surface area contributed by atoms with Crippen molar-refractivity contribution in [1.82, 2.24) is 0 Å². The molecule has 0 unspecified atom stereocenters. The first-order chi connectivity index (χ1) is 27.8. The quantitative estimate of drug-likeness (QED) is 0.0995. The molecule has 0 saturated carbocycles. The molecule has 0 atom stereocenters. The topological polar surface area (TPSA) is 76.3 Å². The molecule has 0 spiro atoms. The van der Waals surface area contributed by atoms with Crippen LogP contribution in [0.3, 0.4) is 0 Å². The number of aliphatic hydroxyl groups is 1. The highest BCUT2D eigenvalue weighted by molar-refractivity contribution is 6.42. The summed E-state index contributed by atoms with van der Waals surface area (Å²) >= 11 is 25.3. The SMILES string of the molecule is CC(C)COc1ccccc1C1=CC(=CC2=C(O)C(=Cc3cc(-c4ccc(Cl)c(Cl)c4)[o+]c(-c4ccccc4OCC(C)C)c3)C2=O)C=C(c2ccc(Cl)c(Cl)c2)O1. The molecule has 0 radical (unpaired) electrons. The molecule has 0 amide bonds. The van der Waals surface area contributed by atoms with Crippen LogP contribution >= 0.6 is 46.4 Å². The lowest BCUT2D eigenvalue weighted by molar-refractivity contribution is -0.113. The minimum absolute atomic E-state index is 0.144. The Morgan fingerprint density at radius 1 is 0.655 bits per heavy atom. The van der Waals surface area contributed by atoms with Gasteiger partial charge < -0.3 is 19.3 Å². The smallest absolute Gasteiger partial charge is 0.365 e. The second-order valence-corrected chi connectivity index (χ2v) is 16.3. The van der Waals surface area contributed by atoms with Gasteiger partial charge in [0.15, 0.2) is 0 Å². The van der Waals surface area contributed by atoms with Crippen molar-refractivity contribution in [3.05, 3.63) is 175 Å². The van der Waals surface area contributed by atoms with Crippen molar-refractivity contribution in [2.75, 3.05) is 13.2 Å².